The molecule has 1 saturated heterocycles. The number of benzene rings is 1. The number of hydrogen-bond acceptors (Lipinski definition) is 4. The maximum Gasteiger partial charge on any atom is 0.289 e. The second kappa shape index (κ2) is 6.87. The van der Waals surface area contributed by atoms with Crippen molar-refractivity contribution in [2.75, 3.05) is 13.1 Å². The first kappa shape index (κ1) is 15.6. The van der Waals surface area contributed by atoms with Crippen LogP contribution in [0.4, 0.5) is 0 Å². The van der Waals surface area contributed by atoms with Crippen LogP contribution < -0.4 is 10.5 Å². The third kappa shape index (κ3) is 3.74. The molecular weight excluding hydrogens is 292 g/mol. The second-order valence-electron chi connectivity index (χ2n) is 5.95. The van der Waals surface area contributed by atoms with Gasteiger partial charge in [0.25, 0.3) is 5.91 Å². The van der Waals surface area contributed by atoms with E-state index in [2.05, 4.69) is 0 Å². The van der Waals surface area contributed by atoms with Crippen molar-refractivity contribution in [3.05, 3.63) is 53.5 Å². The maximum atomic E-state index is 12.5. The monoisotopic (exact) mass is 314 g/mol. The largest absolute Gasteiger partial charge is 0.489 e. The predicted octanol–water partition coefficient (Wildman–Crippen LogP) is 2.73. The van der Waals surface area contributed by atoms with Gasteiger partial charge in [-0.05, 0) is 38.0 Å². The number of likely N-dealkylation sites (tertiary alicyclic amines) is 1. The molecule has 1 aromatic carbocycles. The van der Waals surface area contributed by atoms with Crippen molar-refractivity contribution < 1.29 is 13.9 Å². The van der Waals surface area contributed by atoms with Crippen molar-refractivity contribution in [3.8, 4) is 5.75 Å². The average Bonchev–Trinajstić information content (AvgIpc) is 2.94. The summed E-state index contributed by atoms with van der Waals surface area (Å²) in [4.78, 5) is 14.3. The minimum absolute atomic E-state index is 0.0599. The minimum Gasteiger partial charge on any atom is -0.489 e. The van der Waals surface area contributed by atoms with Crippen LogP contribution in [0.3, 0.4) is 0 Å². The van der Waals surface area contributed by atoms with Crippen LogP contribution in [0.2, 0.25) is 0 Å². The first-order chi connectivity index (χ1) is 11.1. The van der Waals surface area contributed by atoms with E-state index in [0.29, 0.717) is 24.7 Å². The number of furan rings is 1. The molecule has 5 heteroatoms. The van der Waals surface area contributed by atoms with Gasteiger partial charge >= 0.3 is 0 Å². The number of carbonyl (C=O) groups is 1. The van der Waals surface area contributed by atoms with Crippen molar-refractivity contribution in [3.63, 3.8) is 0 Å². The Morgan fingerprint density at radius 1 is 1.39 bits per heavy atom. The fourth-order valence-corrected chi connectivity index (χ4v) is 2.80. The lowest BCUT2D eigenvalue weighted by atomic mass is 10.1. The summed E-state index contributed by atoms with van der Waals surface area (Å²) in [6.45, 7) is 3.56. The summed E-state index contributed by atoms with van der Waals surface area (Å²) in [6, 6.07) is 11.4. The molecule has 0 unspecified atom stereocenters. The highest BCUT2D eigenvalue weighted by Crippen LogP contribution is 2.20. The summed E-state index contributed by atoms with van der Waals surface area (Å²) in [5.74, 6) is 1.78. The van der Waals surface area contributed by atoms with Gasteiger partial charge in [-0.3, -0.25) is 4.79 Å². The fraction of sp³-hybridized carbons (Fsp3) is 0.389. The van der Waals surface area contributed by atoms with E-state index in [1.807, 2.05) is 37.3 Å². The molecular formula is C18H22N2O3. The summed E-state index contributed by atoms with van der Waals surface area (Å²) in [5.41, 5.74) is 6.83. The highest BCUT2D eigenvalue weighted by Gasteiger charge is 2.25. The quantitative estimate of drug-likeness (QED) is 0.942. The molecule has 1 aliphatic heterocycles. The summed E-state index contributed by atoms with van der Waals surface area (Å²) in [7, 11) is 0. The molecule has 0 spiro atoms. The van der Waals surface area contributed by atoms with Crippen LogP contribution in [-0.4, -0.2) is 29.9 Å². The fourth-order valence-electron chi connectivity index (χ4n) is 2.80. The number of aryl methyl sites for hydroxylation is 1. The van der Waals surface area contributed by atoms with Crippen molar-refractivity contribution in [2.45, 2.75) is 32.4 Å². The zero-order chi connectivity index (χ0) is 16.2. The highest BCUT2D eigenvalue weighted by molar-refractivity contribution is 5.92. The normalized spacial score (nSPS) is 18.0. The molecule has 1 fully saturated rings. The Kier molecular flexibility index (Phi) is 4.67. The Balaban J connectivity index is 1.66. The van der Waals surface area contributed by atoms with Crippen LogP contribution >= 0.6 is 0 Å². The standard InChI is InChI=1S/C18H22N2O3/c1-13-14(12-22-16-7-3-2-4-8-16)10-17(23-13)18(21)20-9-5-6-15(19)11-20/h2-4,7-8,10,15H,5-6,9,11-12,19H2,1H3/t15-/m0/s1. The number of amides is 1. The van der Waals surface area contributed by atoms with Gasteiger partial charge in [0.05, 0.1) is 0 Å². The van der Waals surface area contributed by atoms with Crippen molar-refractivity contribution >= 4 is 5.91 Å². The van der Waals surface area contributed by atoms with E-state index in [9.17, 15) is 4.79 Å². The average molecular weight is 314 g/mol. The Labute approximate surface area is 136 Å². The highest BCUT2D eigenvalue weighted by atomic mass is 16.5. The second-order valence-corrected chi connectivity index (χ2v) is 5.95. The van der Waals surface area contributed by atoms with Gasteiger partial charge in [-0.1, -0.05) is 18.2 Å². The van der Waals surface area contributed by atoms with Crippen molar-refractivity contribution in [1.29, 1.82) is 0 Å². The number of nitrogens with two attached hydrogens (primary N) is 1. The molecule has 2 heterocycles. The van der Waals surface area contributed by atoms with Gasteiger partial charge in [-0.25, -0.2) is 0 Å². The molecule has 2 aromatic rings. The zero-order valence-corrected chi connectivity index (χ0v) is 13.3. The molecule has 0 saturated carbocycles. The van der Waals surface area contributed by atoms with Crippen molar-refractivity contribution in [2.24, 2.45) is 5.73 Å². The van der Waals surface area contributed by atoms with Crippen LogP contribution in [0, 0.1) is 6.92 Å². The lowest BCUT2D eigenvalue weighted by Gasteiger charge is -2.30. The molecule has 1 aliphatic rings. The summed E-state index contributed by atoms with van der Waals surface area (Å²) in [5, 5.41) is 0. The molecule has 122 valence electrons. The molecule has 3 rings (SSSR count). The topological polar surface area (TPSA) is 68.7 Å². The van der Waals surface area contributed by atoms with E-state index in [4.69, 9.17) is 14.9 Å². The lowest BCUT2D eigenvalue weighted by Crippen LogP contribution is -2.45. The van der Waals surface area contributed by atoms with Crippen LogP contribution in [0.15, 0.2) is 40.8 Å². The minimum atomic E-state index is -0.0887. The number of hydrogen-bond donors (Lipinski definition) is 1. The van der Waals surface area contributed by atoms with Gasteiger partial charge in [0.2, 0.25) is 0 Å². The Hall–Kier alpha value is -2.27. The molecule has 5 nitrogen and oxygen atoms in total. The Bertz CT molecular complexity index is 666. The molecule has 1 atom stereocenters. The first-order valence-corrected chi connectivity index (χ1v) is 7.95. The summed E-state index contributed by atoms with van der Waals surface area (Å²) < 4.78 is 11.4. The number of piperidine rings is 1. The molecule has 2 N–H and O–H groups in total. The van der Waals surface area contributed by atoms with E-state index in [0.717, 1.165) is 30.7 Å². The number of carbonyl (C=O) groups excluding carboxylic acids is 1. The zero-order valence-electron chi connectivity index (χ0n) is 13.3. The maximum absolute atomic E-state index is 12.5. The third-order valence-electron chi connectivity index (χ3n) is 4.11. The van der Waals surface area contributed by atoms with Gasteiger partial charge in [0.1, 0.15) is 18.1 Å². The van der Waals surface area contributed by atoms with Gasteiger partial charge in [0, 0.05) is 24.7 Å². The Morgan fingerprint density at radius 3 is 2.91 bits per heavy atom. The molecule has 1 aromatic heterocycles. The number of para-hydroxylation sites is 1. The summed E-state index contributed by atoms with van der Waals surface area (Å²) >= 11 is 0. The van der Waals surface area contributed by atoms with Crippen LogP contribution in [0.25, 0.3) is 0 Å². The molecule has 1 amide bonds. The van der Waals surface area contributed by atoms with Gasteiger partial charge < -0.3 is 19.8 Å². The van der Waals surface area contributed by atoms with Crippen LogP contribution in [-0.2, 0) is 6.61 Å². The van der Waals surface area contributed by atoms with E-state index < -0.39 is 0 Å². The van der Waals surface area contributed by atoms with Crippen LogP contribution in [0.5, 0.6) is 5.75 Å². The third-order valence-corrected chi connectivity index (χ3v) is 4.11. The van der Waals surface area contributed by atoms with Gasteiger partial charge in [0.15, 0.2) is 5.76 Å². The molecule has 23 heavy (non-hydrogen) atoms. The van der Waals surface area contributed by atoms with Gasteiger partial charge in [-0.15, -0.1) is 0 Å². The lowest BCUT2D eigenvalue weighted by molar-refractivity contribution is 0.0675. The van der Waals surface area contributed by atoms with E-state index >= 15 is 0 Å². The number of nitrogens with zero attached hydrogens (tertiary/aromatic N) is 1. The molecule has 0 bridgehead atoms. The predicted molar refractivity (Wildman–Crippen MR) is 87.3 cm³/mol. The number of ether oxygens (including phenoxy) is 1. The number of rotatable bonds is 4. The van der Waals surface area contributed by atoms with Crippen LogP contribution in [0.1, 0.15) is 34.7 Å². The molecule has 0 radical (unpaired) electrons. The Morgan fingerprint density at radius 2 is 2.17 bits per heavy atom. The van der Waals surface area contributed by atoms with E-state index in [1.54, 1.807) is 11.0 Å². The smallest absolute Gasteiger partial charge is 0.289 e. The van der Waals surface area contributed by atoms with Gasteiger partial charge in [-0.2, -0.15) is 0 Å². The van der Waals surface area contributed by atoms with E-state index in [1.165, 1.54) is 0 Å². The van der Waals surface area contributed by atoms with E-state index in [-0.39, 0.29) is 11.9 Å². The first-order valence-electron chi connectivity index (χ1n) is 7.95. The molecule has 0 aliphatic carbocycles. The van der Waals surface area contributed by atoms with Crippen molar-refractivity contribution in [1.82, 2.24) is 4.90 Å². The summed E-state index contributed by atoms with van der Waals surface area (Å²) in [6.07, 6.45) is 1.91. The SMILES string of the molecule is Cc1oc(C(=O)N2CCC[C@H](N)C2)cc1COc1ccccc1.